The second kappa shape index (κ2) is 6.67. The Bertz CT molecular complexity index is 1190. The molecular formula is C19H15ClN6O. The molecule has 0 unspecified atom stereocenters. The Morgan fingerprint density at radius 2 is 2.11 bits per heavy atom. The van der Waals surface area contributed by atoms with Gasteiger partial charge in [-0.05, 0) is 37.3 Å². The first-order valence-electron chi connectivity index (χ1n) is 8.15. The van der Waals surface area contributed by atoms with Gasteiger partial charge < -0.3 is 10.1 Å². The number of nitrogens with one attached hydrogen (secondary N) is 2. The van der Waals surface area contributed by atoms with Crippen molar-refractivity contribution in [3.8, 4) is 23.2 Å². The number of ether oxygens (including phenoxy) is 1. The van der Waals surface area contributed by atoms with Crippen LogP contribution in [0, 0.1) is 18.3 Å². The normalized spacial score (nSPS) is 10.7. The highest BCUT2D eigenvalue weighted by molar-refractivity contribution is 6.31. The number of hydrogen-bond donors (Lipinski definition) is 2. The minimum absolute atomic E-state index is 0.440. The van der Waals surface area contributed by atoms with E-state index in [0.717, 1.165) is 5.69 Å². The molecule has 27 heavy (non-hydrogen) atoms. The van der Waals surface area contributed by atoms with Crippen molar-refractivity contribution in [2.75, 3.05) is 12.4 Å². The number of rotatable bonds is 4. The Balaban J connectivity index is 1.93. The summed E-state index contributed by atoms with van der Waals surface area (Å²) < 4.78 is 7.13. The van der Waals surface area contributed by atoms with Gasteiger partial charge in [-0.1, -0.05) is 17.7 Å². The minimum atomic E-state index is 0.440. The van der Waals surface area contributed by atoms with E-state index in [1.54, 1.807) is 36.0 Å². The van der Waals surface area contributed by atoms with Gasteiger partial charge >= 0.3 is 0 Å². The predicted octanol–water partition coefficient (Wildman–Crippen LogP) is 4.31. The molecule has 0 atom stereocenters. The molecule has 3 aromatic heterocycles. The van der Waals surface area contributed by atoms with E-state index in [-0.39, 0.29) is 0 Å². The third-order valence-electron chi connectivity index (χ3n) is 4.12. The lowest BCUT2D eigenvalue weighted by Crippen LogP contribution is -2.00. The Kier molecular flexibility index (Phi) is 4.18. The second-order valence-corrected chi connectivity index (χ2v) is 6.34. The number of H-pyrrole nitrogens is 1. The molecule has 134 valence electrons. The summed E-state index contributed by atoms with van der Waals surface area (Å²) in [5.74, 6) is 1.26. The summed E-state index contributed by atoms with van der Waals surface area (Å²) in [6, 6.07) is 13.1. The third kappa shape index (κ3) is 2.96. The highest BCUT2D eigenvalue weighted by Gasteiger charge is 2.20. The van der Waals surface area contributed by atoms with E-state index in [2.05, 4.69) is 26.5 Å². The average molecular weight is 379 g/mol. The monoisotopic (exact) mass is 378 g/mol. The van der Waals surface area contributed by atoms with Crippen molar-refractivity contribution in [3.05, 3.63) is 58.9 Å². The van der Waals surface area contributed by atoms with Crippen molar-refractivity contribution in [3.63, 3.8) is 0 Å². The minimum Gasteiger partial charge on any atom is -0.495 e. The summed E-state index contributed by atoms with van der Waals surface area (Å²) in [6.07, 6.45) is 1.61. The highest BCUT2D eigenvalue weighted by Crippen LogP contribution is 2.35. The number of pyridine rings is 1. The third-order valence-corrected chi connectivity index (χ3v) is 4.36. The zero-order valence-electron chi connectivity index (χ0n) is 14.6. The fourth-order valence-electron chi connectivity index (χ4n) is 2.88. The van der Waals surface area contributed by atoms with Crippen molar-refractivity contribution in [1.29, 1.82) is 5.26 Å². The zero-order valence-corrected chi connectivity index (χ0v) is 15.4. The molecule has 0 spiro atoms. The summed E-state index contributed by atoms with van der Waals surface area (Å²) in [7, 11) is 1.59. The fraction of sp³-hybridized carbons (Fsp3) is 0.105. The van der Waals surface area contributed by atoms with E-state index >= 15 is 0 Å². The quantitative estimate of drug-likeness (QED) is 0.552. The number of benzene rings is 1. The lowest BCUT2D eigenvalue weighted by Gasteiger charge is -2.12. The van der Waals surface area contributed by atoms with E-state index < -0.39 is 0 Å². The molecule has 0 aliphatic heterocycles. The first kappa shape index (κ1) is 16.9. The smallest absolute Gasteiger partial charge is 0.173 e. The number of nitriles is 1. The SMILES string of the molecule is COc1ccc(Cl)cc1Nc1c(-c2cccc(C)n2)nc2c(C#N)c[nH]n12. The molecule has 0 radical (unpaired) electrons. The van der Waals surface area contributed by atoms with E-state index in [9.17, 15) is 5.26 Å². The van der Waals surface area contributed by atoms with E-state index in [4.69, 9.17) is 16.3 Å². The Morgan fingerprint density at radius 1 is 1.26 bits per heavy atom. The van der Waals surface area contributed by atoms with Gasteiger partial charge in [-0.25, -0.2) is 9.50 Å². The molecule has 0 aliphatic carbocycles. The molecule has 3 heterocycles. The lowest BCUT2D eigenvalue weighted by atomic mass is 10.2. The second-order valence-electron chi connectivity index (χ2n) is 5.90. The van der Waals surface area contributed by atoms with Crippen molar-refractivity contribution in [1.82, 2.24) is 19.6 Å². The summed E-state index contributed by atoms with van der Waals surface area (Å²) in [4.78, 5) is 9.21. The molecule has 0 fully saturated rings. The number of aromatic amines is 1. The van der Waals surface area contributed by atoms with Gasteiger partial charge in [0.25, 0.3) is 0 Å². The Hall–Kier alpha value is -3.50. The van der Waals surface area contributed by atoms with E-state index in [0.29, 0.717) is 44.9 Å². The van der Waals surface area contributed by atoms with Crippen LogP contribution in [0.2, 0.25) is 5.02 Å². The van der Waals surface area contributed by atoms with Crippen LogP contribution in [-0.4, -0.2) is 26.7 Å². The number of hydrogen-bond acceptors (Lipinski definition) is 5. The standard InChI is InChI=1S/C19H15ClN6O/c1-11-4-3-5-14(23-11)17-19(26-18(25-17)12(9-21)10-22-26)24-15-8-13(20)6-7-16(15)27-2/h3-8,10,22,24H,1-2H3. The van der Waals surface area contributed by atoms with Crippen LogP contribution in [0.4, 0.5) is 11.5 Å². The van der Waals surface area contributed by atoms with Crippen LogP contribution in [0.25, 0.3) is 17.0 Å². The lowest BCUT2D eigenvalue weighted by molar-refractivity contribution is 0.417. The van der Waals surface area contributed by atoms with Crippen LogP contribution >= 0.6 is 11.6 Å². The Labute approximate surface area is 160 Å². The van der Waals surface area contributed by atoms with Crippen LogP contribution in [0.3, 0.4) is 0 Å². The number of methoxy groups -OCH3 is 1. The summed E-state index contributed by atoms with van der Waals surface area (Å²) in [5.41, 5.74) is 3.81. The topological polar surface area (TPSA) is 91.0 Å². The number of aryl methyl sites for hydroxylation is 1. The van der Waals surface area contributed by atoms with Gasteiger partial charge in [0, 0.05) is 16.9 Å². The maximum atomic E-state index is 9.35. The summed E-state index contributed by atoms with van der Waals surface area (Å²) >= 11 is 6.16. The van der Waals surface area contributed by atoms with Crippen LogP contribution in [0.1, 0.15) is 11.3 Å². The first-order chi connectivity index (χ1) is 13.1. The molecule has 0 amide bonds. The van der Waals surface area contributed by atoms with Gasteiger partial charge in [-0.2, -0.15) is 5.26 Å². The van der Waals surface area contributed by atoms with Crippen LogP contribution in [0.15, 0.2) is 42.6 Å². The molecule has 8 heteroatoms. The molecule has 2 N–H and O–H groups in total. The maximum Gasteiger partial charge on any atom is 0.173 e. The molecule has 0 bridgehead atoms. The number of anilines is 2. The fourth-order valence-corrected chi connectivity index (χ4v) is 3.05. The first-order valence-corrected chi connectivity index (χ1v) is 8.53. The predicted molar refractivity (Wildman–Crippen MR) is 104 cm³/mol. The molecule has 0 aliphatic rings. The summed E-state index contributed by atoms with van der Waals surface area (Å²) in [5, 5.41) is 16.3. The highest BCUT2D eigenvalue weighted by atomic mass is 35.5. The van der Waals surface area contributed by atoms with Crippen molar-refractivity contribution in [2.45, 2.75) is 6.92 Å². The molecular weight excluding hydrogens is 364 g/mol. The largest absolute Gasteiger partial charge is 0.495 e. The van der Waals surface area contributed by atoms with Gasteiger partial charge in [0.1, 0.15) is 23.1 Å². The molecule has 7 nitrogen and oxygen atoms in total. The average Bonchev–Trinajstić information content (AvgIpc) is 3.22. The number of nitrogens with zero attached hydrogens (tertiary/aromatic N) is 4. The van der Waals surface area contributed by atoms with E-state index in [1.165, 1.54) is 0 Å². The number of halogens is 1. The molecule has 1 aromatic carbocycles. The van der Waals surface area contributed by atoms with Crippen molar-refractivity contribution < 1.29 is 4.74 Å². The summed E-state index contributed by atoms with van der Waals surface area (Å²) in [6.45, 7) is 1.92. The Morgan fingerprint density at radius 3 is 2.85 bits per heavy atom. The maximum absolute atomic E-state index is 9.35. The number of fused-ring (bicyclic) bond motifs is 1. The van der Waals surface area contributed by atoms with E-state index in [1.807, 2.05) is 25.1 Å². The van der Waals surface area contributed by atoms with Gasteiger partial charge in [-0.15, -0.1) is 0 Å². The molecule has 0 saturated carbocycles. The van der Waals surface area contributed by atoms with Crippen LogP contribution < -0.4 is 10.1 Å². The van der Waals surface area contributed by atoms with Gasteiger partial charge in [-0.3, -0.25) is 10.1 Å². The van der Waals surface area contributed by atoms with Gasteiger partial charge in [0.15, 0.2) is 11.5 Å². The molecule has 0 saturated heterocycles. The van der Waals surface area contributed by atoms with Crippen molar-refractivity contribution in [2.24, 2.45) is 0 Å². The van der Waals surface area contributed by atoms with Crippen LogP contribution in [0.5, 0.6) is 5.75 Å². The molecule has 4 aromatic rings. The van der Waals surface area contributed by atoms with Gasteiger partial charge in [0.2, 0.25) is 0 Å². The van der Waals surface area contributed by atoms with Gasteiger partial charge in [0.05, 0.1) is 18.5 Å². The number of aromatic nitrogens is 4. The number of imidazole rings is 1. The molecule has 4 rings (SSSR count). The zero-order chi connectivity index (χ0) is 19.0. The van der Waals surface area contributed by atoms with Crippen LogP contribution in [-0.2, 0) is 0 Å². The van der Waals surface area contributed by atoms with Crippen molar-refractivity contribution >= 4 is 28.8 Å².